The molecule has 0 aromatic heterocycles. The van der Waals surface area contributed by atoms with Gasteiger partial charge in [0.05, 0.1) is 0 Å². The highest BCUT2D eigenvalue weighted by molar-refractivity contribution is 5.75. The molecule has 0 saturated heterocycles. The Morgan fingerprint density at radius 2 is 1.48 bits per heavy atom. The summed E-state index contributed by atoms with van der Waals surface area (Å²) in [4.78, 5) is 25.7. The average molecular weight is 398 g/mol. The van der Waals surface area contributed by atoms with Crippen LogP contribution in [0, 0.1) is 0 Å². The molecule has 0 aliphatic carbocycles. The van der Waals surface area contributed by atoms with E-state index in [0.29, 0.717) is 25.9 Å². The highest BCUT2D eigenvalue weighted by atomic mass is 16.5. The minimum atomic E-state index is -0.462. The van der Waals surface area contributed by atoms with Gasteiger partial charge < -0.3 is 20.3 Å². The second-order valence-electron chi connectivity index (χ2n) is 7.02. The van der Waals surface area contributed by atoms with Crippen LogP contribution in [-0.4, -0.2) is 43.6 Å². The first-order valence-corrected chi connectivity index (χ1v) is 10.1. The monoisotopic (exact) mass is 397 g/mol. The lowest BCUT2D eigenvalue weighted by Crippen LogP contribution is -2.29. The summed E-state index contributed by atoms with van der Waals surface area (Å²) < 4.78 is 5.12. The standard InChI is InChI=1S/C23H31N3O3/c1-26(18-20-10-4-2-5-11-20)17-9-16-24-22(27)14-8-15-25-23(28)29-19-21-12-6-3-7-13-21/h2-7,10-13H,8-9,14-19H2,1H3,(H,24,27)(H,25,28). The van der Waals surface area contributed by atoms with E-state index in [0.717, 1.165) is 25.1 Å². The van der Waals surface area contributed by atoms with Gasteiger partial charge in [-0.15, -0.1) is 0 Å². The number of nitrogens with one attached hydrogen (secondary N) is 2. The van der Waals surface area contributed by atoms with Gasteiger partial charge in [0.2, 0.25) is 5.91 Å². The maximum atomic E-state index is 11.9. The Morgan fingerprint density at radius 3 is 2.17 bits per heavy atom. The summed E-state index contributed by atoms with van der Waals surface area (Å²) in [6.45, 7) is 3.14. The second-order valence-corrected chi connectivity index (χ2v) is 7.02. The molecular formula is C23H31N3O3. The van der Waals surface area contributed by atoms with E-state index in [2.05, 4.69) is 34.7 Å². The molecular weight excluding hydrogens is 366 g/mol. The van der Waals surface area contributed by atoms with Gasteiger partial charge in [0, 0.05) is 26.1 Å². The van der Waals surface area contributed by atoms with Crippen molar-refractivity contribution in [1.82, 2.24) is 15.5 Å². The summed E-state index contributed by atoms with van der Waals surface area (Å²) >= 11 is 0. The third kappa shape index (κ3) is 10.3. The van der Waals surface area contributed by atoms with Crippen molar-refractivity contribution in [2.75, 3.05) is 26.7 Å². The maximum absolute atomic E-state index is 11.9. The number of nitrogens with zero attached hydrogens (tertiary/aromatic N) is 1. The van der Waals surface area contributed by atoms with Crippen LogP contribution >= 0.6 is 0 Å². The SMILES string of the molecule is CN(CCCNC(=O)CCCNC(=O)OCc1ccccc1)Cc1ccccc1. The first-order valence-electron chi connectivity index (χ1n) is 10.1. The molecule has 29 heavy (non-hydrogen) atoms. The normalized spacial score (nSPS) is 10.6. The zero-order valence-corrected chi connectivity index (χ0v) is 17.1. The number of carbonyl (C=O) groups excluding carboxylic acids is 2. The predicted molar refractivity (Wildman–Crippen MR) is 114 cm³/mol. The van der Waals surface area contributed by atoms with Gasteiger partial charge in [-0.2, -0.15) is 0 Å². The second kappa shape index (κ2) is 13.3. The van der Waals surface area contributed by atoms with Crippen molar-refractivity contribution < 1.29 is 14.3 Å². The van der Waals surface area contributed by atoms with Crippen molar-refractivity contribution in [2.24, 2.45) is 0 Å². The van der Waals surface area contributed by atoms with Gasteiger partial charge >= 0.3 is 6.09 Å². The van der Waals surface area contributed by atoms with E-state index in [9.17, 15) is 9.59 Å². The van der Waals surface area contributed by atoms with Crippen LogP contribution in [0.15, 0.2) is 60.7 Å². The fourth-order valence-corrected chi connectivity index (χ4v) is 2.85. The maximum Gasteiger partial charge on any atom is 0.407 e. The molecule has 0 heterocycles. The van der Waals surface area contributed by atoms with Crippen LogP contribution in [0.25, 0.3) is 0 Å². The molecule has 2 rings (SSSR count). The van der Waals surface area contributed by atoms with Gasteiger partial charge in [-0.25, -0.2) is 4.79 Å². The van der Waals surface area contributed by atoms with Crippen LogP contribution < -0.4 is 10.6 Å². The quantitative estimate of drug-likeness (QED) is 0.539. The molecule has 0 saturated carbocycles. The Hall–Kier alpha value is -2.86. The molecule has 0 radical (unpaired) electrons. The van der Waals surface area contributed by atoms with Gasteiger partial charge in [-0.1, -0.05) is 60.7 Å². The topological polar surface area (TPSA) is 70.7 Å². The molecule has 2 aromatic carbocycles. The molecule has 156 valence electrons. The molecule has 2 aromatic rings. The predicted octanol–water partition coefficient (Wildman–Crippen LogP) is 3.33. The Labute approximate surface area is 173 Å². The summed E-state index contributed by atoms with van der Waals surface area (Å²) in [5.74, 6) is 0.00941. The lowest BCUT2D eigenvalue weighted by atomic mass is 10.2. The first-order chi connectivity index (χ1) is 14.1. The smallest absolute Gasteiger partial charge is 0.407 e. The van der Waals surface area contributed by atoms with E-state index >= 15 is 0 Å². The third-order valence-corrected chi connectivity index (χ3v) is 4.40. The number of hydrogen-bond donors (Lipinski definition) is 2. The fraction of sp³-hybridized carbons (Fsp3) is 0.391. The number of amides is 2. The van der Waals surface area contributed by atoms with Crippen LogP contribution in [0.3, 0.4) is 0 Å². The molecule has 6 heteroatoms. The van der Waals surface area contributed by atoms with Crippen molar-refractivity contribution in [3.05, 3.63) is 71.8 Å². The van der Waals surface area contributed by atoms with Crippen LogP contribution in [0.1, 0.15) is 30.4 Å². The van der Waals surface area contributed by atoms with E-state index in [1.165, 1.54) is 5.56 Å². The molecule has 0 bridgehead atoms. The average Bonchev–Trinajstić information content (AvgIpc) is 2.74. The van der Waals surface area contributed by atoms with Gasteiger partial charge in [0.25, 0.3) is 0 Å². The summed E-state index contributed by atoms with van der Waals surface area (Å²) in [6, 6.07) is 19.8. The van der Waals surface area contributed by atoms with Gasteiger partial charge in [0.15, 0.2) is 0 Å². The van der Waals surface area contributed by atoms with Gasteiger partial charge in [-0.3, -0.25) is 4.79 Å². The Bertz CT molecular complexity index is 723. The number of ether oxygens (including phenoxy) is 1. The zero-order valence-electron chi connectivity index (χ0n) is 17.1. The lowest BCUT2D eigenvalue weighted by molar-refractivity contribution is -0.121. The minimum absolute atomic E-state index is 0.00941. The summed E-state index contributed by atoms with van der Waals surface area (Å²) in [7, 11) is 2.08. The Balaban J connectivity index is 1.44. The molecule has 2 N–H and O–H groups in total. The summed E-state index contributed by atoms with van der Waals surface area (Å²) in [6.07, 6.45) is 1.41. The molecule has 2 amide bonds. The fourth-order valence-electron chi connectivity index (χ4n) is 2.85. The molecule has 0 atom stereocenters. The Kier molecular flexibility index (Phi) is 10.3. The first kappa shape index (κ1) is 22.4. The Morgan fingerprint density at radius 1 is 0.862 bits per heavy atom. The minimum Gasteiger partial charge on any atom is -0.445 e. The van der Waals surface area contributed by atoms with Crippen molar-refractivity contribution in [2.45, 2.75) is 32.4 Å². The van der Waals surface area contributed by atoms with E-state index in [1.807, 2.05) is 48.5 Å². The lowest BCUT2D eigenvalue weighted by Gasteiger charge is -2.16. The van der Waals surface area contributed by atoms with Crippen LogP contribution in [0.2, 0.25) is 0 Å². The van der Waals surface area contributed by atoms with E-state index in [4.69, 9.17) is 4.74 Å². The summed E-state index contributed by atoms with van der Waals surface area (Å²) in [5.41, 5.74) is 2.23. The highest BCUT2D eigenvalue weighted by Gasteiger charge is 2.05. The van der Waals surface area contributed by atoms with Crippen molar-refractivity contribution in [3.63, 3.8) is 0 Å². The zero-order chi connectivity index (χ0) is 20.7. The number of hydrogen-bond acceptors (Lipinski definition) is 4. The van der Waals surface area contributed by atoms with Crippen molar-refractivity contribution >= 4 is 12.0 Å². The molecule has 0 fully saturated rings. The molecule has 0 unspecified atom stereocenters. The molecule has 0 aliphatic heterocycles. The van der Waals surface area contributed by atoms with Crippen LogP contribution in [0.4, 0.5) is 4.79 Å². The van der Waals surface area contributed by atoms with Crippen molar-refractivity contribution in [3.8, 4) is 0 Å². The van der Waals surface area contributed by atoms with Crippen LogP contribution in [0.5, 0.6) is 0 Å². The van der Waals surface area contributed by atoms with E-state index in [1.54, 1.807) is 0 Å². The third-order valence-electron chi connectivity index (χ3n) is 4.40. The van der Waals surface area contributed by atoms with E-state index < -0.39 is 6.09 Å². The number of carbonyl (C=O) groups is 2. The van der Waals surface area contributed by atoms with Crippen LogP contribution in [-0.2, 0) is 22.7 Å². The van der Waals surface area contributed by atoms with E-state index in [-0.39, 0.29) is 12.5 Å². The number of benzene rings is 2. The van der Waals surface area contributed by atoms with Crippen molar-refractivity contribution in [1.29, 1.82) is 0 Å². The van der Waals surface area contributed by atoms with Gasteiger partial charge in [-0.05, 0) is 37.6 Å². The molecule has 0 spiro atoms. The highest BCUT2D eigenvalue weighted by Crippen LogP contribution is 2.03. The molecule has 6 nitrogen and oxygen atoms in total. The van der Waals surface area contributed by atoms with Gasteiger partial charge in [0.1, 0.15) is 6.61 Å². The largest absolute Gasteiger partial charge is 0.445 e. The summed E-state index contributed by atoms with van der Waals surface area (Å²) in [5, 5.41) is 5.59. The number of rotatable bonds is 12. The molecule has 0 aliphatic rings. The number of alkyl carbamates (subject to hydrolysis) is 1.